The number of methoxy groups -OCH3 is 2. The van der Waals surface area contributed by atoms with Crippen LogP contribution in [0.15, 0.2) is 90.4 Å². The van der Waals surface area contributed by atoms with Crippen LogP contribution in [-0.2, 0) is 39.8 Å². The van der Waals surface area contributed by atoms with Crippen molar-refractivity contribution in [1.82, 2.24) is 30.7 Å². The zero-order valence-electron chi connectivity index (χ0n) is 42.6. The Balaban J connectivity index is 1.07. The number of hydrogen-bond donors (Lipinski definition) is 3. The molecule has 1 aliphatic carbocycles. The van der Waals surface area contributed by atoms with Crippen LogP contribution < -0.4 is 16.0 Å². The molecular formula is C55H74N6O8S. The van der Waals surface area contributed by atoms with Crippen LogP contribution in [0.5, 0.6) is 0 Å². The Hall–Kier alpha value is -5.64. The molecule has 0 unspecified atom stereocenters. The number of carbonyl (C=O) groups is 5. The van der Waals surface area contributed by atoms with Crippen molar-refractivity contribution in [2.45, 2.75) is 123 Å². The summed E-state index contributed by atoms with van der Waals surface area (Å²) in [5, 5.41) is 11.7. The minimum Gasteiger partial charge on any atom is -0.449 e. The number of benzene rings is 3. The van der Waals surface area contributed by atoms with Crippen LogP contribution in [0.3, 0.4) is 0 Å². The second-order valence-corrected chi connectivity index (χ2v) is 20.9. The topological polar surface area (TPSA) is 168 Å². The molecule has 1 saturated heterocycles. The van der Waals surface area contributed by atoms with E-state index in [0.29, 0.717) is 25.8 Å². The zero-order chi connectivity index (χ0) is 50.7. The number of aromatic nitrogens is 1. The van der Waals surface area contributed by atoms with Gasteiger partial charge in [0.1, 0.15) is 17.7 Å². The van der Waals surface area contributed by atoms with Crippen LogP contribution in [0.1, 0.15) is 108 Å². The number of ether oxygens (including phenoxy) is 3. The fraction of sp³-hybridized carbons (Fsp3) is 0.527. The lowest BCUT2D eigenvalue weighted by atomic mass is 9.88. The number of alkyl carbamates (subject to hydrolysis) is 1. The van der Waals surface area contributed by atoms with Gasteiger partial charge in [0.25, 0.3) is 0 Å². The number of nitrogens with zero attached hydrogens (tertiary/aromatic N) is 3. The van der Waals surface area contributed by atoms with Crippen molar-refractivity contribution >= 4 is 41.1 Å². The summed E-state index contributed by atoms with van der Waals surface area (Å²) < 4.78 is 17.9. The van der Waals surface area contributed by atoms with E-state index in [0.717, 1.165) is 39.2 Å². The van der Waals surface area contributed by atoms with Gasteiger partial charge in [-0.15, -0.1) is 11.3 Å². The Bertz CT molecular complexity index is 2330. The first kappa shape index (κ1) is 53.7. The largest absolute Gasteiger partial charge is 0.449 e. The van der Waals surface area contributed by atoms with Crippen molar-refractivity contribution in [3.8, 4) is 11.1 Å². The molecule has 2 heterocycles. The highest BCUT2D eigenvalue weighted by molar-refractivity contribution is 7.09. The number of likely N-dealkylation sites (tertiary alicyclic amines) is 1. The Labute approximate surface area is 418 Å². The lowest BCUT2D eigenvalue weighted by Gasteiger charge is -2.41. The second-order valence-electron chi connectivity index (χ2n) is 20.0. The molecule has 3 N–H and O–H groups in total. The maximum absolute atomic E-state index is 14.6. The Morgan fingerprint density at radius 3 is 2.11 bits per heavy atom. The van der Waals surface area contributed by atoms with Crippen LogP contribution >= 0.6 is 11.3 Å². The van der Waals surface area contributed by atoms with Gasteiger partial charge in [0.05, 0.1) is 48.1 Å². The predicted octanol–water partition coefficient (Wildman–Crippen LogP) is 8.17. The molecule has 4 aromatic rings. The third-order valence-corrected chi connectivity index (χ3v) is 15.3. The molecule has 1 aliphatic heterocycles. The van der Waals surface area contributed by atoms with E-state index in [1.807, 2.05) is 99.5 Å². The minimum atomic E-state index is -1.11. The number of nitrogens with one attached hydrogen (secondary N) is 3. The van der Waals surface area contributed by atoms with Gasteiger partial charge in [0, 0.05) is 51.9 Å². The molecule has 1 aromatic heterocycles. The number of likely N-dealkylation sites (N-methyl/N-ethyl adjacent to an activating group) is 1. The Morgan fingerprint density at radius 1 is 0.886 bits per heavy atom. The number of amides is 5. The molecule has 3 aromatic carbocycles. The fourth-order valence-electron chi connectivity index (χ4n) is 10.2. The molecule has 378 valence electrons. The molecule has 8 atom stereocenters. The molecule has 0 saturated carbocycles. The Morgan fingerprint density at radius 2 is 1.53 bits per heavy atom. The highest BCUT2D eigenvalue weighted by atomic mass is 32.1. The molecule has 70 heavy (non-hydrogen) atoms. The monoisotopic (exact) mass is 979 g/mol. The molecule has 15 heteroatoms. The van der Waals surface area contributed by atoms with E-state index >= 15 is 0 Å². The van der Waals surface area contributed by atoms with Crippen molar-refractivity contribution in [1.29, 1.82) is 0 Å². The average Bonchev–Trinajstić information content (AvgIpc) is 4.15. The number of thiazole rings is 1. The molecule has 0 spiro atoms. The van der Waals surface area contributed by atoms with E-state index in [2.05, 4.69) is 45.2 Å². The van der Waals surface area contributed by atoms with Gasteiger partial charge in [-0.25, -0.2) is 9.78 Å². The predicted molar refractivity (Wildman–Crippen MR) is 273 cm³/mol. The molecule has 0 radical (unpaired) electrons. The lowest BCUT2D eigenvalue weighted by molar-refractivity contribution is -0.148. The van der Waals surface area contributed by atoms with Gasteiger partial charge in [-0.1, -0.05) is 120 Å². The molecule has 0 bridgehead atoms. The van der Waals surface area contributed by atoms with Gasteiger partial charge in [-0.05, 0) is 72.8 Å². The highest BCUT2D eigenvalue weighted by Gasteiger charge is 2.44. The SMILES string of the molecule is CC[C@H](C)[C@@H]([C@@H](CC(=O)N1CCC[C@H]1[C@H](OC)[C@@H](C)C(=O)N[C@@H](Cc1ccccc1)c1nccs1)OC)N(C)C(=O)[C@@H](NC(=O)C(C)(C)CNC(=O)OCC1c2ccccc2-c2ccccc21)C(C)C. The molecule has 1 fully saturated rings. The number of fused-ring (bicyclic) bond motifs is 3. The van der Waals surface area contributed by atoms with Crippen molar-refractivity contribution < 1.29 is 38.2 Å². The van der Waals surface area contributed by atoms with E-state index in [1.165, 1.54) is 11.3 Å². The van der Waals surface area contributed by atoms with Gasteiger partial charge in [-0.3, -0.25) is 19.2 Å². The van der Waals surface area contributed by atoms with Crippen molar-refractivity contribution in [2.24, 2.45) is 23.2 Å². The van der Waals surface area contributed by atoms with Gasteiger partial charge in [0.2, 0.25) is 23.6 Å². The van der Waals surface area contributed by atoms with E-state index in [9.17, 15) is 24.0 Å². The van der Waals surface area contributed by atoms with Crippen LogP contribution in [0.2, 0.25) is 0 Å². The van der Waals surface area contributed by atoms with Crippen LogP contribution in [0, 0.1) is 23.2 Å². The first-order chi connectivity index (χ1) is 33.5. The first-order valence-electron chi connectivity index (χ1n) is 24.8. The second kappa shape index (κ2) is 24.5. The van der Waals surface area contributed by atoms with E-state index in [4.69, 9.17) is 14.2 Å². The van der Waals surface area contributed by atoms with Gasteiger partial charge >= 0.3 is 6.09 Å². The molecule has 14 nitrogen and oxygen atoms in total. The third-order valence-electron chi connectivity index (χ3n) is 14.5. The smallest absolute Gasteiger partial charge is 0.407 e. The normalized spacial score (nSPS) is 17.6. The quantitative estimate of drug-likeness (QED) is 0.0664. The van der Waals surface area contributed by atoms with Crippen LogP contribution in [0.4, 0.5) is 4.79 Å². The average molecular weight is 979 g/mol. The number of rotatable bonds is 23. The molecular weight excluding hydrogens is 905 g/mol. The first-order valence-corrected chi connectivity index (χ1v) is 25.6. The van der Waals surface area contributed by atoms with Crippen molar-refractivity contribution in [2.75, 3.05) is 41.0 Å². The molecule has 6 rings (SSSR count). The van der Waals surface area contributed by atoms with Gasteiger partial charge in [-0.2, -0.15) is 0 Å². The van der Waals surface area contributed by atoms with Gasteiger partial charge in [0.15, 0.2) is 0 Å². The summed E-state index contributed by atoms with van der Waals surface area (Å²) in [6.07, 6.45) is 2.52. The zero-order valence-corrected chi connectivity index (χ0v) is 43.4. The summed E-state index contributed by atoms with van der Waals surface area (Å²) in [5.41, 5.74) is 4.43. The third kappa shape index (κ3) is 12.6. The van der Waals surface area contributed by atoms with E-state index in [1.54, 1.807) is 46.2 Å². The summed E-state index contributed by atoms with van der Waals surface area (Å²) in [5.74, 6) is -2.13. The van der Waals surface area contributed by atoms with E-state index in [-0.39, 0.29) is 67.1 Å². The van der Waals surface area contributed by atoms with Gasteiger partial charge < -0.3 is 40.0 Å². The fourth-order valence-corrected chi connectivity index (χ4v) is 10.8. The summed E-state index contributed by atoms with van der Waals surface area (Å²) >= 11 is 1.49. The number of hydrogen-bond acceptors (Lipinski definition) is 10. The summed E-state index contributed by atoms with van der Waals surface area (Å²) in [4.78, 5) is 78.2. The molecule has 5 amide bonds. The van der Waals surface area contributed by atoms with Crippen molar-refractivity contribution in [3.63, 3.8) is 0 Å². The summed E-state index contributed by atoms with van der Waals surface area (Å²) in [6.45, 7) is 13.7. The highest BCUT2D eigenvalue weighted by Crippen LogP contribution is 2.44. The Kier molecular flexibility index (Phi) is 18.8. The number of carbonyl (C=O) groups excluding carboxylic acids is 5. The summed E-state index contributed by atoms with van der Waals surface area (Å²) in [6, 6.07) is 24.1. The van der Waals surface area contributed by atoms with Crippen LogP contribution in [-0.4, -0.2) is 116 Å². The minimum absolute atomic E-state index is 0.00684. The standard InChI is InChI=1S/C55H74N6O8S/c1-11-35(4)48(45(67-9)31-46(62)61-28-19-26-44(61)49(68-10)36(5)50(63)58-43(51-56-27-29-70-51)30-37-20-13-12-14-21-37)60(8)52(64)47(34(2)3)59-53(65)55(6,7)33-57-54(66)69-32-42-40-24-17-15-22-38(40)39-23-16-18-25-41(39)42/h12-18,20-25,27,29,34-36,42-45,47-49H,11,19,26,28,30-33H2,1-10H3,(H,57,66)(H,58,63)(H,59,65)/t35-,36+,43-,44-,45+,47-,48-,49+/m0/s1. The summed E-state index contributed by atoms with van der Waals surface area (Å²) in [7, 11) is 4.85. The molecule has 2 aliphatic rings. The maximum Gasteiger partial charge on any atom is 0.407 e. The van der Waals surface area contributed by atoms with E-state index < -0.39 is 47.6 Å². The van der Waals surface area contributed by atoms with Crippen LogP contribution in [0.25, 0.3) is 11.1 Å². The maximum atomic E-state index is 14.6. The van der Waals surface area contributed by atoms with Crippen molar-refractivity contribution in [3.05, 3.63) is 112 Å². The lowest BCUT2D eigenvalue weighted by Crippen LogP contribution is -2.59.